The summed E-state index contributed by atoms with van der Waals surface area (Å²) in [5, 5.41) is 8.65. The molecule has 1 aliphatic heterocycles. The van der Waals surface area contributed by atoms with Gasteiger partial charge >= 0.3 is 0 Å². The Balaban J connectivity index is 2.12. The van der Waals surface area contributed by atoms with Gasteiger partial charge in [-0.3, -0.25) is 0 Å². The third-order valence-corrected chi connectivity index (χ3v) is 3.78. The molecule has 0 saturated carbocycles. The molecule has 0 spiro atoms. The van der Waals surface area contributed by atoms with E-state index in [0.29, 0.717) is 6.61 Å². The Morgan fingerprint density at radius 2 is 2.45 bits per heavy atom. The average Bonchev–Trinajstić information content (AvgIpc) is 2.52. The van der Waals surface area contributed by atoms with Gasteiger partial charge in [0.15, 0.2) is 0 Å². The quantitative estimate of drug-likeness (QED) is 0.704. The maximum absolute atomic E-state index is 8.65. The van der Waals surface area contributed by atoms with Crippen molar-refractivity contribution in [3.8, 4) is 0 Å². The normalized spacial score (nSPS) is 27.3. The summed E-state index contributed by atoms with van der Waals surface area (Å²) >= 11 is 2.08. The Kier molecular flexibility index (Phi) is 4.31. The van der Waals surface area contributed by atoms with Crippen LogP contribution in [0.2, 0.25) is 0 Å². The molecule has 0 aromatic rings. The summed E-state index contributed by atoms with van der Waals surface area (Å²) in [4.78, 5) is 0. The topological polar surface area (TPSA) is 20.2 Å². The second-order valence-corrected chi connectivity index (χ2v) is 4.62. The van der Waals surface area contributed by atoms with Crippen molar-refractivity contribution in [1.29, 1.82) is 0 Å². The van der Waals surface area contributed by atoms with Crippen LogP contribution in [-0.2, 0) is 0 Å². The number of thioether (sulfide) groups is 1. The van der Waals surface area contributed by atoms with Crippen molar-refractivity contribution in [1.82, 2.24) is 0 Å². The minimum atomic E-state index is 0.365. The van der Waals surface area contributed by atoms with Gasteiger partial charge in [0.05, 0.1) is 0 Å². The molecule has 0 amide bonds. The van der Waals surface area contributed by atoms with E-state index in [0.717, 1.165) is 18.3 Å². The van der Waals surface area contributed by atoms with Crippen LogP contribution in [0.5, 0.6) is 0 Å². The van der Waals surface area contributed by atoms with Gasteiger partial charge in [-0.2, -0.15) is 11.8 Å². The van der Waals surface area contributed by atoms with Gasteiger partial charge in [-0.25, -0.2) is 0 Å². The summed E-state index contributed by atoms with van der Waals surface area (Å²) < 4.78 is 0. The highest BCUT2D eigenvalue weighted by molar-refractivity contribution is 7.99. The molecule has 0 aromatic carbocycles. The SMILES string of the molecule is CC(CCCO)C1CCSC1. The number of hydrogen-bond acceptors (Lipinski definition) is 2. The van der Waals surface area contributed by atoms with Crippen molar-refractivity contribution in [3.05, 3.63) is 0 Å². The lowest BCUT2D eigenvalue weighted by Gasteiger charge is -2.16. The first-order valence-corrected chi connectivity index (χ1v) is 5.68. The number of hydrogen-bond donors (Lipinski definition) is 1. The lowest BCUT2D eigenvalue weighted by molar-refractivity contribution is 0.259. The second-order valence-electron chi connectivity index (χ2n) is 3.47. The first-order valence-electron chi connectivity index (χ1n) is 4.53. The third-order valence-electron chi connectivity index (χ3n) is 2.59. The highest BCUT2D eigenvalue weighted by Crippen LogP contribution is 2.31. The zero-order valence-electron chi connectivity index (χ0n) is 7.25. The summed E-state index contributed by atoms with van der Waals surface area (Å²) in [5.41, 5.74) is 0. The molecule has 1 nitrogen and oxygen atoms in total. The van der Waals surface area contributed by atoms with Crippen molar-refractivity contribution in [2.45, 2.75) is 26.2 Å². The standard InChI is InChI=1S/C9H18OS/c1-8(3-2-5-10)9-4-6-11-7-9/h8-10H,2-7H2,1H3. The fourth-order valence-corrected chi connectivity index (χ4v) is 3.08. The monoisotopic (exact) mass is 174 g/mol. The minimum absolute atomic E-state index is 0.365. The minimum Gasteiger partial charge on any atom is -0.396 e. The Labute approximate surface area is 73.6 Å². The van der Waals surface area contributed by atoms with Crippen molar-refractivity contribution in [3.63, 3.8) is 0 Å². The first kappa shape index (κ1) is 9.40. The van der Waals surface area contributed by atoms with E-state index in [4.69, 9.17) is 5.11 Å². The molecule has 2 atom stereocenters. The van der Waals surface area contributed by atoms with Crippen LogP contribution in [0.3, 0.4) is 0 Å². The van der Waals surface area contributed by atoms with E-state index in [2.05, 4.69) is 18.7 Å². The molecular weight excluding hydrogens is 156 g/mol. The average molecular weight is 174 g/mol. The largest absolute Gasteiger partial charge is 0.396 e. The second kappa shape index (κ2) is 5.04. The molecule has 1 heterocycles. The Morgan fingerprint density at radius 3 is 3.00 bits per heavy atom. The highest BCUT2D eigenvalue weighted by Gasteiger charge is 2.20. The van der Waals surface area contributed by atoms with Crippen molar-refractivity contribution in [2.24, 2.45) is 11.8 Å². The van der Waals surface area contributed by atoms with Crippen LogP contribution in [-0.4, -0.2) is 23.2 Å². The van der Waals surface area contributed by atoms with E-state index >= 15 is 0 Å². The maximum atomic E-state index is 8.65. The molecule has 66 valence electrons. The van der Waals surface area contributed by atoms with Gasteiger partial charge in [-0.05, 0) is 42.6 Å². The molecule has 1 saturated heterocycles. The molecule has 1 aliphatic rings. The molecule has 0 radical (unpaired) electrons. The van der Waals surface area contributed by atoms with E-state index in [1.54, 1.807) is 0 Å². The van der Waals surface area contributed by atoms with Gasteiger partial charge in [0, 0.05) is 6.61 Å². The molecule has 0 aromatic heterocycles. The molecule has 1 rings (SSSR count). The number of rotatable bonds is 4. The predicted molar refractivity (Wildman–Crippen MR) is 50.9 cm³/mol. The van der Waals surface area contributed by atoms with Crippen molar-refractivity contribution >= 4 is 11.8 Å². The van der Waals surface area contributed by atoms with Gasteiger partial charge < -0.3 is 5.11 Å². The molecule has 0 bridgehead atoms. The smallest absolute Gasteiger partial charge is 0.0431 e. The van der Waals surface area contributed by atoms with Gasteiger partial charge in [0.25, 0.3) is 0 Å². The Bertz CT molecular complexity index is 99.7. The van der Waals surface area contributed by atoms with E-state index in [-0.39, 0.29) is 0 Å². The predicted octanol–water partition coefficient (Wildman–Crippen LogP) is 2.15. The van der Waals surface area contributed by atoms with E-state index < -0.39 is 0 Å². The van der Waals surface area contributed by atoms with Crippen molar-refractivity contribution in [2.75, 3.05) is 18.1 Å². The summed E-state index contributed by atoms with van der Waals surface area (Å²) in [7, 11) is 0. The van der Waals surface area contributed by atoms with Gasteiger partial charge in [-0.15, -0.1) is 0 Å². The van der Waals surface area contributed by atoms with Crippen LogP contribution < -0.4 is 0 Å². The van der Waals surface area contributed by atoms with Crippen LogP contribution in [0.4, 0.5) is 0 Å². The zero-order chi connectivity index (χ0) is 8.10. The number of aliphatic hydroxyl groups is 1. The zero-order valence-corrected chi connectivity index (χ0v) is 8.07. The lowest BCUT2D eigenvalue weighted by atomic mass is 9.90. The molecule has 1 fully saturated rings. The summed E-state index contributed by atoms with van der Waals surface area (Å²) in [6.45, 7) is 2.69. The first-order chi connectivity index (χ1) is 5.34. The van der Waals surface area contributed by atoms with Gasteiger partial charge in [-0.1, -0.05) is 6.92 Å². The summed E-state index contributed by atoms with van der Waals surface area (Å²) in [5.74, 6) is 4.48. The van der Waals surface area contributed by atoms with E-state index in [1.165, 1.54) is 24.3 Å². The van der Waals surface area contributed by atoms with Gasteiger partial charge in [0.1, 0.15) is 0 Å². The molecule has 11 heavy (non-hydrogen) atoms. The van der Waals surface area contributed by atoms with Crippen LogP contribution in [0.25, 0.3) is 0 Å². The summed E-state index contributed by atoms with van der Waals surface area (Å²) in [6.07, 6.45) is 3.60. The lowest BCUT2D eigenvalue weighted by Crippen LogP contribution is -2.10. The highest BCUT2D eigenvalue weighted by atomic mass is 32.2. The number of aliphatic hydroxyl groups excluding tert-OH is 1. The molecular formula is C9H18OS. The van der Waals surface area contributed by atoms with Crippen molar-refractivity contribution < 1.29 is 5.11 Å². The van der Waals surface area contributed by atoms with Crippen LogP contribution in [0.15, 0.2) is 0 Å². The van der Waals surface area contributed by atoms with E-state index in [1.807, 2.05) is 0 Å². The molecule has 2 unspecified atom stereocenters. The van der Waals surface area contributed by atoms with Crippen LogP contribution >= 0.6 is 11.8 Å². The van der Waals surface area contributed by atoms with Crippen LogP contribution in [0, 0.1) is 11.8 Å². The van der Waals surface area contributed by atoms with Gasteiger partial charge in [0.2, 0.25) is 0 Å². The maximum Gasteiger partial charge on any atom is 0.0431 e. The fraction of sp³-hybridized carbons (Fsp3) is 1.00. The third kappa shape index (κ3) is 3.04. The molecule has 1 N–H and O–H groups in total. The fourth-order valence-electron chi connectivity index (χ4n) is 1.65. The Hall–Kier alpha value is 0.310. The molecule has 0 aliphatic carbocycles. The van der Waals surface area contributed by atoms with E-state index in [9.17, 15) is 0 Å². The Morgan fingerprint density at radius 1 is 1.64 bits per heavy atom. The molecule has 2 heteroatoms. The summed E-state index contributed by atoms with van der Waals surface area (Å²) in [6, 6.07) is 0. The van der Waals surface area contributed by atoms with Crippen LogP contribution in [0.1, 0.15) is 26.2 Å².